The number of benzene rings is 1. The highest BCUT2D eigenvalue weighted by Gasteiger charge is 2.37. The molecule has 1 atom stereocenters. The van der Waals surface area contributed by atoms with Crippen molar-refractivity contribution in [2.24, 2.45) is 0 Å². The third-order valence-corrected chi connectivity index (χ3v) is 6.20. The van der Waals surface area contributed by atoms with Crippen molar-refractivity contribution in [3.63, 3.8) is 0 Å². The van der Waals surface area contributed by atoms with Gasteiger partial charge in [0, 0.05) is 12.1 Å². The molecule has 1 N–H and O–H groups in total. The fourth-order valence-electron chi connectivity index (χ4n) is 2.59. The van der Waals surface area contributed by atoms with Crippen LogP contribution in [-0.4, -0.2) is 32.3 Å². The van der Waals surface area contributed by atoms with Crippen LogP contribution in [0.25, 0.3) is 0 Å². The Bertz CT molecular complexity index is 646. The number of fused-ring (bicyclic) bond motifs is 1. The Morgan fingerprint density at radius 1 is 1.40 bits per heavy atom. The lowest BCUT2D eigenvalue weighted by Crippen LogP contribution is -2.42. The summed E-state index contributed by atoms with van der Waals surface area (Å²) in [7, 11) is -2.89. The molecule has 110 valence electrons. The second-order valence-corrected chi connectivity index (χ2v) is 8.61. The van der Waals surface area contributed by atoms with Crippen LogP contribution in [0.1, 0.15) is 18.9 Å². The van der Waals surface area contributed by atoms with E-state index in [0.717, 1.165) is 21.5 Å². The van der Waals surface area contributed by atoms with E-state index in [1.54, 1.807) is 0 Å². The van der Waals surface area contributed by atoms with E-state index in [2.05, 4.69) is 21.2 Å². The molecule has 0 radical (unpaired) electrons. The van der Waals surface area contributed by atoms with E-state index < -0.39 is 9.84 Å². The van der Waals surface area contributed by atoms with E-state index in [0.29, 0.717) is 13.0 Å². The molecule has 0 aliphatic carbocycles. The first kappa shape index (κ1) is 14.2. The van der Waals surface area contributed by atoms with Gasteiger partial charge >= 0.3 is 0 Å². The Balaban J connectivity index is 1.72. The highest BCUT2D eigenvalue weighted by molar-refractivity contribution is 9.10. The topological polar surface area (TPSA) is 64.6 Å². The molecule has 20 heavy (non-hydrogen) atoms. The second kappa shape index (κ2) is 4.89. The molecule has 1 saturated heterocycles. The van der Waals surface area contributed by atoms with E-state index in [4.69, 9.17) is 9.47 Å². The molecule has 0 aromatic heterocycles. The van der Waals surface area contributed by atoms with Crippen LogP contribution >= 0.6 is 15.9 Å². The zero-order valence-electron chi connectivity index (χ0n) is 11.1. The normalized spacial score (nSPS) is 26.9. The molecule has 0 amide bonds. The average molecular weight is 362 g/mol. The number of hydrogen-bond acceptors (Lipinski definition) is 5. The van der Waals surface area contributed by atoms with Gasteiger partial charge in [0.2, 0.25) is 6.79 Å². The van der Waals surface area contributed by atoms with Crippen LogP contribution in [-0.2, 0) is 16.4 Å². The van der Waals surface area contributed by atoms with Gasteiger partial charge in [-0.3, -0.25) is 0 Å². The molecule has 1 aromatic rings. The fraction of sp³-hybridized carbons (Fsp3) is 0.538. The van der Waals surface area contributed by atoms with E-state index in [9.17, 15) is 8.42 Å². The van der Waals surface area contributed by atoms with E-state index >= 15 is 0 Å². The molecule has 2 heterocycles. The molecule has 3 rings (SSSR count). The summed E-state index contributed by atoms with van der Waals surface area (Å²) in [6.07, 6.45) is 0.654. The van der Waals surface area contributed by atoms with Gasteiger partial charge in [0.05, 0.1) is 16.0 Å². The van der Waals surface area contributed by atoms with E-state index in [1.165, 1.54) is 0 Å². The quantitative estimate of drug-likeness (QED) is 0.889. The summed E-state index contributed by atoms with van der Waals surface area (Å²) in [6.45, 7) is 2.79. The summed E-state index contributed by atoms with van der Waals surface area (Å²) in [5.41, 5.74) is 0.688. The maximum absolute atomic E-state index is 11.6. The minimum Gasteiger partial charge on any atom is -0.454 e. The van der Waals surface area contributed by atoms with Crippen LogP contribution in [0.15, 0.2) is 16.6 Å². The van der Waals surface area contributed by atoms with Crippen molar-refractivity contribution in [3.05, 3.63) is 22.2 Å². The van der Waals surface area contributed by atoms with Crippen molar-refractivity contribution < 1.29 is 17.9 Å². The molecule has 0 spiro atoms. The van der Waals surface area contributed by atoms with Gasteiger partial charge in [-0.05, 0) is 47.0 Å². The van der Waals surface area contributed by atoms with Crippen LogP contribution < -0.4 is 14.8 Å². The van der Waals surface area contributed by atoms with Crippen LogP contribution in [0.5, 0.6) is 11.5 Å². The Morgan fingerprint density at radius 3 is 2.90 bits per heavy atom. The Hall–Kier alpha value is -0.790. The van der Waals surface area contributed by atoms with Crippen molar-refractivity contribution >= 4 is 25.8 Å². The van der Waals surface area contributed by atoms with Gasteiger partial charge in [0.15, 0.2) is 21.3 Å². The predicted octanol–water partition coefficient (Wildman–Crippen LogP) is 1.84. The Kier molecular flexibility index (Phi) is 3.46. The van der Waals surface area contributed by atoms with E-state index in [-0.39, 0.29) is 23.8 Å². The van der Waals surface area contributed by atoms with Gasteiger partial charge in [0.25, 0.3) is 0 Å². The molecule has 7 heteroatoms. The number of hydrogen-bond donors (Lipinski definition) is 1. The van der Waals surface area contributed by atoms with Gasteiger partial charge < -0.3 is 14.8 Å². The number of sulfone groups is 1. The molecular formula is C13H16BrNO4S. The summed E-state index contributed by atoms with van der Waals surface area (Å²) < 4.78 is 34.7. The Morgan fingerprint density at radius 2 is 2.20 bits per heavy atom. The molecular weight excluding hydrogens is 346 g/mol. The molecule has 1 fully saturated rings. The first-order valence-electron chi connectivity index (χ1n) is 6.40. The lowest BCUT2D eigenvalue weighted by molar-refractivity contribution is 0.173. The largest absolute Gasteiger partial charge is 0.454 e. The lowest BCUT2D eigenvalue weighted by Gasteiger charge is -2.24. The van der Waals surface area contributed by atoms with Crippen LogP contribution in [0.3, 0.4) is 0 Å². The van der Waals surface area contributed by atoms with Crippen LogP contribution in [0, 0.1) is 0 Å². The maximum atomic E-state index is 11.6. The van der Waals surface area contributed by atoms with Crippen LogP contribution in [0.4, 0.5) is 0 Å². The van der Waals surface area contributed by atoms with Gasteiger partial charge in [-0.25, -0.2) is 8.42 Å². The Labute approximate surface area is 126 Å². The first-order valence-corrected chi connectivity index (χ1v) is 9.02. The second-order valence-electron chi connectivity index (χ2n) is 5.57. The zero-order chi connectivity index (χ0) is 14.4. The molecule has 2 aliphatic rings. The molecule has 0 saturated carbocycles. The number of halogens is 1. The SMILES string of the molecule is CC1(NCc2cc(Br)c3c(c2)OCO3)CCS(=O)(=O)C1. The summed E-state index contributed by atoms with van der Waals surface area (Å²) in [4.78, 5) is 0. The minimum absolute atomic E-state index is 0.200. The smallest absolute Gasteiger partial charge is 0.231 e. The highest BCUT2D eigenvalue weighted by atomic mass is 79.9. The van der Waals surface area contributed by atoms with Crippen LogP contribution in [0.2, 0.25) is 0 Å². The summed E-state index contributed by atoms with van der Waals surface area (Å²) in [6, 6.07) is 3.89. The van der Waals surface area contributed by atoms with Gasteiger partial charge in [-0.1, -0.05) is 0 Å². The summed E-state index contributed by atoms with van der Waals surface area (Å²) in [5.74, 6) is 1.91. The first-order chi connectivity index (χ1) is 9.37. The van der Waals surface area contributed by atoms with Gasteiger partial charge in [0.1, 0.15) is 0 Å². The molecule has 5 nitrogen and oxygen atoms in total. The van der Waals surface area contributed by atoms with Crippen molar-refractivity contribution in [1.82, 2.24) is 5.32 Å². The fourth-order valence-corrected chi connectivity index (χ4v) is 5.32. The van der Waals surface area contributed by atoms with Crippen molar-refractivity contribution in [1.29, 1.82) is 0 Å². The van der Waals surface area contributed by atoms with Gasteiger partial charge in [-0.15, -0.1) is 0 Å². The van der Waals surface area contributed by atoms with Crippen molar-refractivity contribution in [2.45, 2.75) is 25.4 Å². The molecule has 0 bridgehead atoms. The maximum Gasteiger partial charge on any atom is 0.231 e. The standard InChI is InChI=1S/C13H16BrNO4S/c1-13(2-3-20(16,17)7-13)15-6-9-4-10(14)12-11(5-9)18-8-19-12/h4-5,15H,2-3,6-8H2,1H3. The van der Waals surface area contributed by atoms with Gasteiger partial charge in [-0.2, -0.15) is 0 Å². The number of rotatable bonds is 3. The van der Waals surface area contributed by atoms with Crippen molar-refractivity contribution in [2.75, 3.05) is 18.3 Å². The lowest BCUT2D eigenvalue weighted by atomic mass is 10.0. The van der Waals surface area contributed by atoms with E-state index in [1.807, 2.05) is 19.1 Å². The molecule has 2 aliphatic heterocycles. The third-order valence-electron chi connectivity index (χ3n) is 3.71. The minimum atomic E-state index is -2.89. The number of nitrogens with one attached hydrogen (secondary N) is 1. The molecule has 1 unspecified atom stereocenters. The monoisotopic (exact) mass is 361 g/mol. The predicted molar refractivity (Wildman–Crippen MR) is 78.8 cm³/mol. The zero-order valence-corrected chi connectivity index (χ0v) is 13.5. The van der Waals surface area contributed by atoms with Crippen molar-refractivity contribution in [3.8, 4) is 11.5 Å². The highest BCUT2D eigenvalue weighted by Crippen LogP contribution is 2.40. The average Bonchev–Trinajstić information content (AvgIpc) is 2.92. The number of ether oxygens (including phenoxy) is 2. The third kappa shape index (κ3) is 2.80. The summed E-state index contributed by atoms with van der Waals surface area (Å²) >= 11 is 3.45. The summed E-state index contributed by atoms with van der Waals surface area (Å²) in [5, 5.41) is 3.35. The molecule has 1 aromatic carbocycles.